The van der Waals surface area contributed by atoms with E-state index in [9.17, 15) is 4.79 Å². The number of rotatable bonds is 4. The van der Waals surface area contributed by atoms with Crippen molar-refractivity contribution in [3.05, 3.63) is 72.4 Å². The highest BCUT2D eigenvalue weighted by Gasteiger charge is 2.10. The van der Waals surface area contributed by atoms with E-state index in [1.165, 1.54) is 0 Å². The highest BCUT2D eigenvalue weighted by atomic mass is 16.5. The number of furan rings is 1. The summed E-state index contributed by atoms with van der Waals surface area (Å²) in [7, 11) is 0. The number of benzene rings is 1. The third-order valence-corrected chi connectivity index (χ3v) is 2.94. The average molecular weight is 294 g/mol. The number of hydrogen-bond donors (Lipinski definition) is 1. The van der Waals surface area contributed by atoms with Crippen LogP contribution in [0.15, 0.2) is 65.3 Å². The van der Waals surface area contributed by atoms with Crippen molar-refractivity contribution in [2.24, 2.45) is 0 Å². The third-order valence-electron chi connectivity index (χ3n) is 2.94. The number of carbonyl (C=O) groups excluding carboxylic acids is 1. The second-order valence-corrected chi connectivity index (χ2v) is 4.68. The monoisotopic (exact) mass is 294 g/mol. The molecule has 0 unspecified atom stereocenters. The zero-order valence-electron chi connectivity index (χ0n) is 11.9. The summed E-state index contributed by atoms with van der Waals surface area (Å²) in [5.74, 6) is 1.98. The zero-order valence-corrected chi connectivity index (χ0v) is 11.9. The van der Waals surface area contributed by atoms with Crippen molar-refractivity contribution >= 4 is 11.6 Å². The molecule has 22 heavy (non-hydrogen) atoms. The van der Waals surface area contributed by atoms with Crippen LogP contribution in [0.5, 0.6) is 11.5 Å². The molecule has 1 aromatic carbocycles. The minimum absolute atomic E-state index is 0.276. The van der Waals surface area contributed by atoms with Gasteiger partial charge in [0.1, 0.15) is 17.3 Å². The second kappa shape index (κ2) is 6.13. The van der Waals surface area contributed by atoms with Crippen LogP contribution in [0, 0.1) is 6.92 Å². The fraction of sp³-hybridized carbons (Fsp3) is 0.0588. The SMILES string of the molecule is Cc1ccc(C(=O)Nc2cccc(Oc3ccncc3)c2)o1. The Hall–Kier alpha value is -3.08. The van der Waals surface area contributed by atoms with Crippen LogP contribution < -0.4 is 10.1 Å². The van der Waals surface area contributed by atoms with Crippen molar-refractivity contribution in [3.63, 3.8) is 0 Å². The van der Waals surface area contributed by atoms with Crippen LogP contribution in [0.25, 0.3) is 0 Å². The number of aromatic nitrogens is 1. The first-order valence-electron chi connectivity index (χ1n) is 6.76. The molecule has 0 bridgehead atoms. The number of nitrogens with one attached hydrogen (secondary N) is 1. The molecule has 0 aliphatic heterocycles. The summed E-state index contributed by atoms with van der Waals surface area (Å²) in [4.78, 5) is 16.0. The highest BCUT2D eigenvalue weighted by Crippen LogP contribution is 2.23. The van der Waals surface area contributed by atoms with Gasteiger partial charge in [0.25, 0.3) is 5.91 Å². The van der Waals surface area contributed by atoms with Gasteiger partial charge in [-0.25, -0.2) is 0 Å². The Morgan fingerprint density at radius 2 is 1.91 bits per heavy atom. The molecule has 1 amide bonds. The minimum Gasteiger partial charge on any atom is -0.457 e. The van der Waals surface area contributed by atoms with E-state index in [0.717, 1.165) is 0 Å². The molecule has 0 saturated carbocycles. The van der Waals surface area contributed by atoms with E-state index in [4.69, 9.17) is 9.15 Å². The lowest BCUT2D eigenvalue weighted by atomic mass is 10.3. The molecular weight excluding hydrogens is 280 g/mol. The van der Waals surface area contributed by atoms with E-state index in [2.05, 4.69) is 10.3 Å². The van der Waals surface area contributed by atoms with Gasteiger partial charge in [-0.1, -0.05) is 6.07 Å². The van der Waals surface area contributed by atoms with Crippen LogP contribution in [0.4, 0.5) is 5.69 Å². The number of amides is 1. The Bertz CT molecular complexity index is 781. The normalized spacial score (nSPS) is 10.2. The summed E-state index contributed by atoms with van der Waals surface area (Å²) in [5.41, 5.74) is 0.630. The summed E-state index contributed by atoms with van der Waals surface area (Å²) in [6, 6.07) is 14.1. The maximum absolute atomic E-state index is 12.0. The lowest BCUT2D eigenvalue weighted by Gasteiger charge is -2.08. The van der Waals surface area contributed by atoms with Crippen molar-refractivity contribution in [2.45, 2.75) is 6.92 Å². The van der Waals surface area contributed by atoms with Gasteiger partial charge in [-0.2, -0.15) is 0 Å². The molecule has 3 aromatic rings. The summed E-state index contributed by atoms with van der Waals surface area (Å²) in [6.45, 7) is 1.79. The summed E-state index contributed by atoms with van der Waals surface area (Å²) in [5, 5.41) is 2.77. The number of carbonyl (C=O) groups is 1. The topological polar surface area (TPSA) is 64.4 Å². The van der Waals surface area contributed by atoms with E-state index >= 15 is 0 Å². The first-order valence-corrected chi connectivity index (χ1v) is 6.76. The van der Waals surface area contributed by atoms with Gasteiger partial charge in [0.05, 0.1) is 0 Å². The summed E-state index contributed by atoms with van der Waals surface area (Å²) < 4.78 is 11.0. The Morgan fingerprint density at radius 1 is 1.09 bits per heavy atom. The molecule has 5 heteroatoms. The molecule has 0 saturated heterocycles. The second-order valence-electron chi connectivity index (χ2n) is 4.68. The van der Waals surface area contributed by atoms with Gasteiger partial charge >= 0.3 is 0 Å². The van der Waals surface area contributed by atoms with Crippen molar-refractivity contribution < 1.29 is 13.9 Å². The van der Waals surface area contributed by atoms with E-state index in [0.29, 0.717) is 22.9 Å². The molecule has 0 radical (unpaired) electrons. The lowest BCUT2D eigenvalue weighted by Crippen LogP contribution is -2.10. The number of pyridine rings is 1. The van der Waals surface area contributed by atoms with E-state index < -0.39 is 0 Å². The molecule has 2 aromatic heterocycles. The number of nitrogens with zero attached hydrogens (tertiary/aromatic N) is 1. The maximum Gasteiger partial charge on any atom is 0.291 e. The quantitative estimate of drug-likeness (QED) is 0.789. The number of ether oxygens (including phenoxy) is 1. The van der Waals surface area contributed by atoms with Crippen molar-refractivity contribution in [2.75, 3.05) is 5.32 Å². The molecule has 0 aliphatic carbocycles. The molecule has 5 nitrogen and oxygen atoms in total. The first-order chi connectivity index (χ1) is 10.7. The van der Waals surface area contributed by atoms with Crippen LogP contribution in [-0.2, 0) is 0 Å². The van der Waals surface area contributed by atoms with E-state index in [1.54, 1.807) is 61.8 Å². The Morgan fingerprint density at radius 3 is 2.64 bits per heavy atom. The molecule has 0 spiro atoms. The van der Waals surface area contributed by atoms with E-state index in [-0.39, 0.29) is 11.7 Å². The van der Waals surface area contributed by atoms with Crippen LogP contribution in [0.3, 0.4) is 0 Å². The molecule has 0 fully saturated rings. The minimum atomic E-state index is -0.297. The van der Waals surface area contributed by atoms with Gasteiger partial charge in [0.2, 0.25) is 0 Å². The highest BCUT2D eigenvalue weighted by molar-refractivity contribution is 6.02. The predicted octanol–water partition coefficient (Wildman–Crippen LogP) is 4.03. The molecule has 3 rings (SSSR count). The van der Waals surface area contributed by atoms with Gasteiger partial charge in [0, 0.05) is 24.1 Å². The van der Waals surface area contributed by atoms with Gasteiger partial charge in [-0.3, -0.25) is 9.78 Å². The summed E-state index contributed by atoms with van der Waals surface area (Å²) in [6.07, 6.45) is 3.31. The molecular formula is C17H14N2O3. The van der Waals surface area contributed by atoms with Crippen LogP contribution in [-0.4, -0.2) is 10.9 Å². The Balaban J connectivity index is 1.72. The van der Waals surface area contributed by atoms with Crippen LogP contribution >= 0.6 is 0 Å². The number of aryl methyl sites for hydroxylation is 1. The predicted molar refractivity (Wildman–Crippen MR) is 82.2 cm³/mol. The fourth-order valence-corrected chi connectivity index (χ4v) is 1.93. The molecule has 0 atom stereocenters. The van der Waals surface area contributed by atoms with Crippen LogP contribution in [0.1, 0.15) is 16.3 Å². The van der Waals surface area contributed by atoms with Gasteiger partial charge in [-0.15, -0.1) is 0 Å². The number of anilines is 1. The molecule has 0 aliphatic rings. The smallest absolute Gasteiger partial charge is 0.291 e. The fourth-order valence-electron chi connectivity index (χ4n) is 1.93. The van der Waals surface area contributed by atoms with E-state index in [1.807, 2.05) is 6.07 Å². The van der Waals surface area contributed by atoms with Gasteiger partial charge in [-0.05, 0) is 43.3 Å². The maximum atomic E-state index is 12.0. The van der Waals surface area contributed by atoms with Crippen molar-refractivity contribution in [3.8, 4) is 11.5 Å². The molecule has 2 heterocycles. The Labute approximate surface area is 127 Å². The van der Waals surface area contributed by atoms with Gasteiger partial charge in [0.15, 0.2) is 5.76 Å². The zero-order chi connectivity index (χ0) is 15.4. The Kier molecular flexibility index (Phi) is 3.87. The first kappa shape index (κ1) is 13.9. The van der Waals surface area contributed by atoms with Gasteiger partial charge < -0.3 is 14.5 Å². The average Bonchev–Trinajstić information content (AvgIpc) is 2.95. The van der Waals surface area contributed by atoms with Crippen LogP contribution in [0.2, 0.25) is 0 Å². The molecule has 1 N–H and O–H groups in total. The largest absolute Gasteiger partial charge is 0.457 e. The number of hydrogen-bond acceptors (Lipinski definition) is 4. The van der Waals surface area contributed by atoms with Crippen molar-refractivity contribution in [1.82, 2.24) is 4.98 Å². The van der Waals surface area contributed by atoms with Crippen molar-refractivity contribution in [1.29, 1.82) is 0 Å². The molecule has 110 valence electrons. The lowest BCUT2D eigenvalue weighted by molar-refractivity contribution is 0.0995. The summed E-state index contributed by atoms with van der Waals surface area (Å²) >= 11 is 0. The standard InChI is InChI=1S/C17H14N2O3/c1-12-5-6-16(21-12)17(20)19-13-3-2-4-15(11-13)22-14-7-9-18-10-8-14/h2-11H,1H3,(H,19,20). The third kappa shape index (κ3) is 3.32.